The monoisotopic (exact) mass is 446 g/mol. The fraction of sp³-hybridized carbons (Fsp3) is 0.407. The van der Waals surface area contributed by atoms with Crippen LogP contribution in [0, 0.1) is 0 Å². The number of para-hydroxylation sites is 1. The molecule has 2 aliphatic rings. The summed E-state index contributed by atoms with van der Waals surface area (Å²) < 4.78 is 7.18. The van der Waals surface area contributed by atoms with Gasteiger partial charge in [-0.1, -0.05) is 47.3 Å². The second-order valence-corrected chi connectivity index (χ2v) is 11.3. The molecule has 4 nitrogen and oxygen atoms in total. The predicted octanol–water partition coefficient (Wildman–Crippen LogP) is 6.87. The Morgan fingerprint density at radius 1 is 1.03 bits per heavy atom. The summed E-state index contributed by atoms with van der Waals surface area (Å²) >= 11 is 1.54. The molecule has 5 heteroatoms. The predicted molar refractivity (Wildman–Crippen MR) is 135 cm³/mol. The van der Waals surface area contributed by atoms with Crippen LogP contribution >= 0.6 is 11.3 Å². The highest BCUT2D eigenvalue weighted by molar-refractivity contribution is 7.21. The number of nitrogens with zero attached hydrogens (tertiary/aromatic N) is 2. The molecule has 0 unspecified atom stereocenters. The maximum atomic E-state index is 13.2. The van der Waals surface area contributed by atoms with Gasteiger partial charge < -0.3 is 9.32 Å². The minimum Gasteiger partial charge on any atom is -0.422 e. The van der Waals surface area contributed by atoms with Crippen LogP contribution in [0.2, 0.25) is 0 Å². The highest BCUT2D eigenvalue weighted by Gasteiger charge is 2.42. The molecule has 2 aliphatic heterocycles. The Labute approximate surface area is 192 Å². The van der Waals surface area contributed by atoms with Gasteiger partial charge in [0.1, 0.15) is 10.6 Å². The van der Waals surface area contributed by atoms with Crippen LogP contribution in [0.15, 0.2) is 45.6 Å². The zero-order valence-electron chi connectivity index (χ0n) is 18.4. The molecule has 6 rings (SSSR count). The van der Waals surface area contributed by atoms with Gasteiger partial charge in [0, 0.05) is 29.7 Å². The summed E-state index contributed by atoms with van der Waals surface area (Å²) in [6.07, 6.45) is 2.19. The van der Waals surface area contributed by atoms with E-state index in [1.54, 1.807) is 11.3 Å². The maximum absolute atomic E-state index is 13.2. The lowest BCUT2D eigenvalue weighted by molar-refractivity contribution is 0.398. The molecule has 0 spiro atoms. The van der Waals surface area contributed by atoms with E-state index in [1.165, 1.54) is 16.8 Å². The zero-order chi connectivity index (χ0) is 21.5. The van der Waals surface area contributed by atoms with Crippen molar-refractivity contribution >= 4 is 38.2 Å². The summed E-state index contributed by atoms with van der Waals surface area (Å²) in [6, 6.07) is 12.3. The van der Waals surface area contributed by atoms with Crippen LogP contribution in [0.5, 0.6) is 0 Å². The fourth-order valence-electron chi connectivity index (χ4n) is 5.29. The van der Waals surface area contributed by atoms with Gasteiger partial charge in [0.2, 0.25) is 0 Å². The average molecular weight is 447 g/mol. The first-order chi connectivity index (χ1) is 14.7. The van der Waals surface area contributed by atoms with E-state index in [0.717, 1.165) is 52.1 Å². The molecule has 2 aromatic carbocycles. The fourth-order valence-corrected chi connectivity index (χ4v) is 6.26. The Bertz CT molecular complexity index is 1390. The van der Waals surface area contributed by atoms with Crippen molar-refractivity contribution in [1.29, 1.82) is 0 Å². The second-order valence-electron chi connectivity index (χ2n) is 10.3. The number of fused-ring (bicyclic) bond motifs is 3. The third kappa shape index (κ3) is 2.94. The molecule has 0 atom stereocenters. The molecule has 0 aliphatic carbocycles. The molecule has 0 N–H and O–H groups in total. The molecule has 166 valence electrons. The minimum absolute atomic E-state index is 0. The Balaban J connectivity index is 0.00000216. The van der Waals surface area contributed by atoms with E-state index in [4.69, 9.17) is 9.40 Å². The normalized spacial score (nSPS) is 18.4. The molecular formula is C27H30N2O2S. The Hall–Kier alpha value is -2.66. The molecule has 0 bridgehead atoms. The lowest BCUT2D eigenvalue weighted by atomic mass is 9.69. The van der Waals surface area contributed by atoms with Gasteiger partial charge in [0.15, 0.2) is 0 Å². The number of rotatable bonds is 1. The molecular weight excluding hydrogens is 416 g/mol. The number of thiazole rings is 1. The van der Waals surface area contributed by atoms with Crippen LogP contribution in [0.3, 0.4) is 0 Å². The summed E-state index contributed by atoms with van der Waals surface area (Å²) in [7, 11) is 0. The van der Waals surface area contributed by atoms with E-state index in [0.29, 0.717) is 5.56 Å². The van der Waals surface area contributed by atoms with Gasteiger partial charge in [-0.15, -0.1) is 11.3 Å². The first kappa shape index (κ1) is 21.2. The average Bonchev–Trinajstić information content (AvgIpc) is 3.15. The SMILES string of the molecule is C.CC1(C)CCN2CCC(C)(C)c3c2c1cc1cc(-c2nc4ccccc4s2)c(=O)oc31. The van der Waals surface area contributed by atoms with Crippen molar-refractivity contribution in [2.75, 3.05) is 18.0 Å². The first-order valence-electron chi connectivity index (χ1n) is 11.0. The summed E-state index contributed by atoms with van der Waals surface area (Å²) in [6.45, 7) is 11.3. The molecule has 0 fully saturated rings. The van der Waals surface area contributed by atoms with Crippen molar-refractivity contribution in [2.45, 2.75) is 58.8 Å². The lowest BCUT2D eigenvalue weighted by Gasteiger charge is -2.48. The van der Waals surface area contributed by atoms with Crippen molar-refractivity contribution in [3.8, 4) is 10.6 Å². The number of anilines is 1. The third-order valence-electron chi connectivity index (χ3n) is 7.26. The van der Waals surface area contributed by atoms with Gasteiger partial charge in [0.05, 0.1) is 15.8 Å². The first-order valence-corrected chi connectivity index (χ1v) is 11.8. The van der Waals surface area contributed by atoms with E-state index in [1.807, 2.05) is 30.3 Å². The quantitative estimate of drug-likeness (QED) is 0.299. The van der Waals surface area contributed by atoms with Crippen LogP contribution in [0.4, 0.5) is 5.69 Å². The van der Waals surface area contributed by atoms with Crippen LogP contribution in [0.1, 0.15) is 59.1 Å². The molecule has 0 saturated carbocycles. The van der Waals surface area contributed by atoms with Crippen LogP contribution in [-0.4, -0.2) is 18.1 Å². The maximum Gasteiger partial charge on any atom is 0.346 e. The summed E-state index contributed by atoms with van der Waals surface area (Å²) in [4.78, 5) is 20.4. The zero-order valence-corrected chi connectivity index (χ0v) is 19.2. The molecule has 0 radical (unpaired) electrons. The lowest BCUT2D eigenvalue weighted by Crippen LogP contribution is -2.44. The summed E-state index contributed by atoms with van der Waals surface area (Å²) in [5.74, 6) is 0. The molecule has 4 heterocycles. The van der Waals surface area contributed by atoms with Gasteiger partial charge in [-0.05, 0) is 53.5 Å². The van der Waals surface area contributed by atoms with E-state index < -0.39 is 0 Å². The Morgan fingerprint density at radius 3 is 2.50 bits per heavy atom. The van der Waals surface area contributed by atoms with Gasteiger partial charge in [0.25, 0.3) is 0 Å². The van der Waals surface area contributed by atoms with E-state index in [9.17, 15) is 4.79 Å². The largest absolute Gasteiger partial charge is 0.422 e. The molecule has 0 saturated heterocycles. The third-order valence-corrected chi connectivity index (χ3v) is 8.33. The number of hydrogen-bond donors (Lipinski definition) is 0. The summed E-state index contributed by atoms with van der Waals surface area (Å²) in [5, 5.41) is 1.73. The highest BCUT2D eigenvalue weighted by atomic mass is 32.1. The van der Waals surface area contributed by atoms with Gasteiger partial charge >= 0.3 is 5.63 Å². The number of benzene rings is 2. The van der Waals surface area contributed by atoms with Gasteiger partial charge in [-0.2, -0.15) is 0 Å². The molecule has 32 heavy (non-hydrogen) atoms. The number of aromatic nitrogens is 1. The molecule has 0 amide bonds. The van der Waals surface area contributed by atoms with Crippen molar-refractivity contribution in [3.63, 3.8) is 0 Å². The van der Waals surface area contributed by atoms with E-state index in [2.05, 4.69) is 38.7 Å². The van der Waals surface area contributed by atoms with E-state index in [-0.39, 0.29) is 23.9 Å². The van der Waals surface area contributed by atoms with Crippen molar-refractivity contribution in [2.24, 2.45) is 0 Å². The topological polar surface area (TPSA) is 46.3 Å². The van der Waals surface area contributed by atoms with Gasteiger partial charge in [-0.25, -0.2) is 9.78 Å². The second kappa shape index (κ2) is 6.92. The van der Waals surface area contributed by atoms with Crippen LogP contribution in [0.25, 0.3) is 31.8 Å². The van der Waals surface area contributed by atoms with Gasteiger partial charge in [-0.3, -0.25) is 0 Å². The Kier molecular flexibility index (Phi) is 4.58. The molecule has 2 aromatic heterocycles. The number of hydrogen-bond acceptors (Lipinski definition) is 5. The highest BCUT2D eigenvalue weighted by Crippen LogP contribution is 2.51. The van der Waals surface area contributed by atoms with Crippen LogP contribution < -0.4 is 10.5 Å². The summed E-state index contributed by atoms with van der Waals surface area (Å²) in [5.41, 5.74) is 5.85. The van der Waals surface area contributed by atoms with Crippen molar-refractivity contribution in [1.82, 2.24) is 4.98 Å². The van der Waals surface area contributed by atoms with Crippen molar-refractivity contribution < 1.29 is 4.42 Å². The Morgan fingerprint density at radius 2 is 1.75 bits per heavy atom. The standard InChI is InChI=1S/C26H26N2O2S.CH4/c1-25(2)9-11-28-12-10-26(3,4)20-21(28)17(25)14-15-13-16(24(29)30-22(15)20)23-27-18-7-5-6-8-19(18)31-23;/h5-8,13-14H,9-12H2,1-4H3;1H4. The molecule has 4 aromatic rings. The van der Waals surface area contributed by atoms with E-state index >= 15 is 0 Å². The van der Waals surface area contributed by atoms with Crippen molar-refractivity contribution in [3.05, 3.63) is 57.9 Å². The minimum atomic E-state index is -0.300. The smallest absolute Gasteiger partial charge is 0.346 e. The van der Waals surface area contributed by atoms with Crippen LogP contribution in [-0.2, 0) is 10.8 Å².